The third-order valence-electron chi connectivity index (χ3n) is 6.69. The number of ether oxygens (including phenoxy) is 2. The van der Waals surface area contributed by atoms with Gasteiger partial charge in [-0.05, 0) is 55.4 Å². The first kappa shape index (κ1) is 22.1. The van der Waals surface area contributed by atoms with Crippen LogP contribution < -0.4 is 20.1 Å². The second-order valence-electron chi connectivity index (χ2n) is 8.94. The second-order valence-corrected chi connectivity index (χ2v) is 8.94. The molecular weight excluding hydrogens is 450 g/mol. The van der Waals surface area contributed by atoms with Gasteiger partial charge in [-0.15, -0.1) is 0 Å². The van der Waals surface area contributed by atoms with E-state index in [0.29, 0.717) is 18.5 Å². The van der Waals surface area contributed by atoms with Crippen molar-refractivity contribution in [3.63, 3.8) is 0 Å². The number of amides is 4. The van der Waals surface area contributed by atoms with E-state index in [1.807, 2.05) is 0 Å². The number of alkyl halides is 2. The molecule has 2 heterocycles. The number of hydrogen-bond acceptors (Lipinski definition) is 6. The van der Waals surface area contributed by atoms with Gasteiger partial charge in [-0.25, -0.2) is 9.78 Å². The van der Waals surface area contributed by atoms with Crippen LogP contribution in [0.5, 0.6) is 11.6 Å². The van der Waals surface area contributed by atoms with Gasteiger partial charge in [-0.1, -0.05) is 6.07 Å². The van der Waals surface area contributed by atoms with Crippen LogP contribution in [0.1, 0.15) is 36.0 Å². The number of carbonyl (C=O) groups is 3. The zero-order valence-electron chi connectivity index (χ0n) is 18.0. The number of anilines is 1. The first-order valence-corrected chi connectivity index (χ1v) is 10.8. The van der Waals surface area contributed by atoms with Crippen molar-refractivity contribution in [2.45, 2.75) is 44.4 Å². The number of nitrogens with two attached hydrogens (primary N) is 1. The second kappa shape index (κ2) is 8.23. The minimum absolute atomic E-state index is 0.0179. The number of benzene rings is 1. The molecule has 178 valence electrons. The normalized spacial score (nSPS) is 26.0. The predicted octanol–water partition coefficient (Wildman–Crippen LogP) is 2.94. The van der Waals surface area contributed by atoms with Crippen LogP contribution in [0.2, 0.25) is 0 Å². The molecule has 2 saturated carbocycles. The number of nitrogens with zero attached hydrogens (tertiary/aromatic N) is 3. The van der Waals surface area contributed by atoms with Crippen LogP contribution in [0.3, 0.4) is 0 Å². The van der Waals surface area contributed by atoms with Crippen molar-refractivity contribution in [3.05, 3.63) is 48.2 Å². The van der Waals surface area contributed by atoms with Gasteiger partial charge >= 0.3 is 12.6 Å². The summed E-state index contributed by atoms with van der Waals surface area (Å²) >= 11 is 0. The average molecular weight is 472 g/mol. The molecule has 0 bridgehead atoms. The van der Waals surface area contributed by atoms with E-state index in [4.69, 9.17) is 10.5 Å². The van der Waals surface area contributed by atoms with Crippen molar-refractivity contribution in [3.8, 4) is 11.6 Å². The molecule has 3 aliphatic rings. The highest BCUT2D eigenvalue weighted by atomic mass is 19.3. The van der Waals surface area contributed by atoms with E-state index >= 15 is 0 Å². The van der Waals surface area contributed by atoms with Crippen LogP contribution in [0.15, 0.2) is 42.6 Å². The number of urea groups is 1. The van der Waals surface area contributed by atoms with Crippen molar-refractivity contribution in [1.82, 2.24) is 9.88 Å². The molecule has 1 aromatic heterocycles. The van der Waals surface area contributed by atoms with Crippen molar-refractivity contribution in [1.29, 1.82) is 0 Å². The molecule has 1 aromatic carbocycles. The molecule has 2 aliphatic carbocycles. The maximum absolute atomic E-state index is 13.0. The van der Waals surface area contributed by atoms with Gasteiger partial charge in [0.1, 0.15) is 24.0 Å². The third-order valence-corrected chi connectivity index (χ3v) is 6.69. The number of aromatic nitrogens is 1. The highest BCUT2D eigenvalue weighted by molar-refractivity contribution is 6.12. The average Bonchev–Trinajstić information content (AvgIpc) is 3.03. The molecule has 0 unspecified atom stereocenters. The summed E-state index contributed by atoms with van der Waals surface area (Å²) in [5.74, 6) is -0.800. The van der Waals surface area contributed by atoms with Crippen molar-refractivity contribution in [2.24, 2.45) is 11.1 Å². The Bertz CT molecular complexity index is 1150. The minimum atomic E-state index is -2.98. The lowest BCUT2D eigenvalue weighted by Crippen LogP contribution is -2.60. The Kier molecular flexibility index (Phi) is 5.34. The lowest BCUT2D eigenvalue weighted by Gasteiger charge is -2.58. The first-order valence-electron chi connectivity index (χ1n) is 10.8. The summed E-state index contributed by atoms with van der Waals surface area (Å²) in [6.07, 6.45) is 4.19. The Labute approximate surface area is 193 Å². The van der Waals surface area contributed by atoms with Crippen LogP contribution >= 0.6 is 0 Å². The van der Waals surface area contributed by atoms with Gasteiger partial charge in [0.25, 0.3) is 11.8 Å². The molecule has 1 aliphatic heterocycles. The quantitative estimate of drug-likeness (QED) is 0.620. The Hall–Kier alpha value is -3.76. The highest BCUT2D eigenvalue weighted by Crippen LogP contribution is 2.58. The monoisotopic (exact) mass is 472 g/mol. The van der Waals surface area contributed by atoms with Crippen LogP contribution in [0.25, 0.3) is 0 Å². The maximum Gasteiger partial charge on any atom is 0.387 e. The van der Waals surface area contributed by atoms with Crippen molar-refractivity contribution < 1.29 is 32.6 Å². The zero-order valence-corrected chi connectivity index (χ0v) is 18.0. The molecule has 1 saturated heterocycles. The molecule has 2 N–H and O–H groups in total. The highest BCUT2D eigenvalue weighted by Gasteiger charge is 2.58. The van der Waals surface area contributed by atoms with E-state index in [2.05, 4.69) is 9.72 Å². The van der Waals surface area contributed by atoms with Crippen molar-refractivity contribution >= 4 is 23.5 Å². The van der Waals surface area contributed by atoms with Gasteiger partial charge in [0.15, 0.2) is 0 Å². The molecule has 9 nitrogen and oxygen atoms in total. The number of rotatable bonds is 7. The lowest BCUT2D eigenvalue weighted by atomic mass is 9.52. The fraction of sp³-hybridized carbons (Fsp3) is 0.391. The number of pyridine rings is 1. The maximum atomic E-state index is 13.0. The fourth-order valence-electron chi connectivity index (χ4n) is 5.18. The van der Waals surface area contributed by atoms with Gasteiger partial charge in [-0.3, -0.25) is 19.4 Å². The molecule has 0 atom stereocenters. The summed E-state index contributed by atoms with van der Waals surface area (Å²) in [4.78, 5) is 43.8. The van der Waals surface area contributed by atoms with E-state index < -0.39 is 18.5 Å². The first-order chi connectivity index (χ1) is 16.2. The summed E-state index contributed by atoms with van der Waals surface area (Å²) < 4.78 is 35.3. The Morgan fingerprint density at radius 3 is 2.62 bits per heavy atom. The molecule has 1 spiro atoms. The van der Waals surface area contributed by atoms with E-state index in [0.717, 1.165) is 12.8 Å². The smallest absolute Gasteiger partial charge is 0.387 e. The van der Waals surface area contributed by atoms with Gasteiger partial charge in [-0.2, -0.15) is 8.78 Å². The Balaban J connectivity index is 1.18. The lowest BCUT2D eigenvalue weighted by molar-refractivity contribution is -0.138. The Morgan fingerprint density at radius 1 is 1.15 bits per heavy atom. The van der Waals surface area contributed by atoms with E-state index in [1.54, 1.807) is 18.2 Å². The number of imide groups is 1. The SMILES string of the molecule is NC(=O)c1cccnc1OC1CC2(C1)CC(N1C(=O)CN(c3cccc(OC(F)F)c3)C1=O)C2. The molecule has 5 rings (SSSR count). The molecule has 4 amide bonds. The molecule has 0 radical (unpaired) electrons. The Morgan fingerprint density at radius 2 is 1.91 bits per heavy atom. The van der Waals surface area contributed by atoms with E-state index in [9.17, 15) is 23.2 Å². The van der Waals surface area contributed by atoms with Gasteiger partial charge in [0.2, 0.25) is 5.88 Å². The molecule has 34 heavy (non-hydrogen) atoms. The number of hydrogen-bond donors (Lipinski definition) is 1. The van der Waals surface area contributed by atoms with Crippen molar-refractivity contribution in [2.75, 3.05) is 11.4 Å². The van der Waals surface area contributed by atoms with E-state index in [1.165, 1.54) is 34.2 Å². The van der Waals surface area contributed by atoms with E-state index in [-0.39, 0.29) is 47.2 Å². The summed E-state index contributed by atoms with van der Waals surface area (Å²) in [5.41, 5.74) is 5.90. The summed E-state index contributed by atoms with van der Waals surface area (Å²) in [6.45, 7) is -3.13. The molecule has 2 aromatic rings. The van der Waals surface area contributed by atoms with Gasteiger partial charge < -0.3 is 15.2 Å². The van der Waals surface area contributed by atoms with Crippen LogP contribution in [-0.2, 0) is 4.79 Å². The summed E-state index contributed by atoms with van der Waals surface area (Å²) in [6, 6.07) is 8.22. The van der Waals surface area contributed by atoms with Crippen LogP contribution in [-0.4, -0.2) is 53.0 Å². The minimum Gasteiger partial charge on any atom is -0.474 e. The molecule has 11 heteroatoms. The third kappa shape index (κ3) is 3.91. The predicted molar refractivity (Wildman–Crippen MR) is 115 cm³/mol. The summed E-state index contributed by atoms with van der Waals surface area (Å²) in [5, 5.41) is 0. The topological polar surface area (TPSA) is 115 Å². The zero-order chi connectivity index (χ0) is 24.0. The molecule has 3 fully saturated rings. The van der Waals surface area contributed by atoms with Gasteiger partial charge in [0.05, 0.1) is 0 Å². The largest absolute Gasteiger partial charge is 0.474 e. The van der Waals surface area contributed by atoms with Crippen LogP contribution in [0.4, 0.5) is 19.3 Å². The fourth-order valence-corrected chi connectivity index (χ4v) is 5.18. The number of halogens is 2. The van der Waals surface area contributed by atoms with Crippen LogP contribution in [0, 0.1) is 5.41 Å². The molecular formula is C23H22F2N4O5. The summed E-state index contributed by atoms with van der Waals surface area (Å²) in [7, 11) is 0. The standard InChI is InChI=1S/C23H22F2N4O5/c24-21(25)34-15-4-1-3-13(7-15)28-12-18(30)29(22(28)32)14-8-23(9-14)10-16(11-23)33-20-17(19(26)31)5-2-6-27-20/h1-7,14,16,21H,8-12H2,(H2,26,31). The number of primary amides is 1. The number of carbonyl (C=O) groups excluding carboxylic acids is 3. The van der Waals surface area contributed by atoms with Gasteiger partial charge in [0, 0.05) is 24.0 Å².